The second-order valence-corrected chi connectivity index (χ2v) is 6.32. The highest BCUT2D eigenvalue weighted by Crippen LogP contribution is 2.25. The van der Waals surface area contributed by atoms with Gasteiger partial charge in [0.25, 0.3) is 5.91 Å². The van der Waals surface area contributed by atoms with Crippen molar-refractivity contribution in [3.8, 4) is 11.3 Å². The number of nitrogens with one attached hydrogen (secondary N) is 1. The van der Waals surface area contributed by atoms with Crippen LogP contribution in [0, 0.1) is 5.82 Å². The molecule has 0 aliphatic carbocycles. The number of rotatable bonds is 3. The molecule has 128 valence electrons. The predicted molar refractivity (Wildman–Crippen MR) is 97.9 cm³/mol. The van der Waals surface area contributed by atoms with Crippen LogP contribution in [0.4, 0.5) is 9.52 Å². The molecule has 0 atom stereocenters. The van der Waals surface area contributed by atoms with E-state index < -0.39 is 17.3 Å². The Balaban J connectivity index is 1.64. The number of thiazole rings is 1. The van der Waals surface area contributed by atoms with Crippen LogP contribution in [-0.2, 0) is 0 Å². The van der Waals surface area contributed by atoms with E-state index in [9.17, 15) is 14.0 Å². The molecular formula is C19H11FN2O3S. The second kappa shape index (κ2) is 6.53. The van der Waals surface area contributed by atoms with Crippen molar-refractivity contribution in [3.63, 3.8) is 0 Å². The van der Waals surface area contributed by atoms with Crippen molar-refractivity contribution in [1.29, 1.82) is 0 Å². The Kier molecular flexibility index (Phi) is 4.06. The molecule has 4 aromatic rings. The number of anilines is 1. The molecule has 0 bridgehead atoms. The topological polar surface area (TPSA) is 72.2 Å². The van der Waals surface area contributed by atoms with Gasteiger partial charge in [0.1, 0.15) is 11.4 Å². The van der Waals surface area contributed by atoms with Crippen molar-refractivity contribution in [2.24, 2.45) is 0 Å². The van der Waals surface area contributed by atoms with Crippen LogP contribution in [0.1, 0.15) is 10.4 Å². The zero-order valence-corrected chi connectivity index (χ0v) is 14.0. The summed E-state index contributed by atoms with van der Waals surface area (Å²) in [5.41, 5.74) is 0.588. The molecule has 0 aliphatic rings. The number of carbonyl (C=O) groups excluding carboxylic acids is 1. The lowest BCUT2D eigenvalue weighted by Gasteiger charge is -2.02. The van der Waals surface area contributed by atoms with Crippen LogP contribution >= 0.6 is 11.3 Å². The van der Waals surface area contributed by atoms with Crippen LogP contribution in [0.5, 0.6) is 0 Å². The molecule has 2 heterocycles. The minimum atomic E-state index is -0.614. The first-order chi connectivity index (χ1) is 12.6. The zero-order chi connectivity index (χ0) is 18.1. The minimum Gasteiger partial charge on any atom is -0.422 e. The van der Waals surface area contributed by atoms with Crippen molar-refractivity contribution in [3.05, 3.63) is 81.8 Å². The molecule has 0 fully saturated rings. The molecule has 2 aromatic heterocycles. The van der Waals surface area contributed by atoms with Crippen molar-refractivity contribution in [2.75, 3.05) is 5.32 Å². The maximum Gasteiger partial charge on any atom is 0.345 e. The first kappa shape index (κ1) is 16.2. The fourth-order valence-corrected chi connectivity index (χ4v) is 3.21. The molecule has 0 radical (unpaired) electrons. The quantitative estimate of drug-likeness (QED) is 0.549. The molecule has 4 rings (SSSR count). The number of carbonyl (C=O) groups is 1. The van der Waals surface area contributed by atoms with E-state index in [-0.39, 0.29) is 10.7 Å². The monoisotopic (exact) mass is 366 g/mol. The Morgan fingerprint density at radius 3 is 2.73 bits per heavy atom. The fourth-order valence-electron chi connectivity index (χ4n) is 2.51. The van der Waals surface area contributed by atoms with Gasteiger partial charge in [0.15, 0.2) is 5.13 Å². The number of hydrogen-bond acceptors (Lipinski definition) is 5. The number of nitrogens with zero attached hydrogens (tertiary/aromatic N) is 1. The third-order valence-corrected chi connectivity index (χ3v) is 4.52. The summed E-state index contributed by atoms with van der Waals surface area (Å²) in [5, 5.41) is 5.21. The van der Waals surface area contributed by atoms with Crippen LogP contribution in [0.25, 0.3) is 22.2 Å². The van der Waals surface area contributed by atoms with E-state index in [0.717, 1.165) is 16.7 Å². The summed E-state index contributed by atoms with van der Waals surface area (Å²) >= 11 is 1.14. The number of para-hydroxylation sites is 1. The zero-order valence-electron chi connectivity index (χ0n) is 13.2. The number of amides is 1. The van der Waals surface area contributed by atoms with Crippen molar-refractivity contribution >= 4 is 33.3 Å². The van der Waals surface area contributed by atoms with Crippen molar-refractivity contribution in [1.82, 2.24) is 4.98 Å². The van der Waals surface area contributed by atoms with Gasteiger partial charge in [0, 0.05) is 10.8 Å². The molecule has 0 spiro atoms. The normalized spacial score (nSPS) is 10.8. The molecule has 2 aromatic carbocycles. The Morgan fingerprint density at radius 2 is 1.88 bits per heavy atom. The van der Waals surface area contributed by atoms with Crippen molar-refractivity contribution < 1.29 is 13.6 Å². The number of halogens is 1. The lowest BCUT2D eigenvalue weighted by atomic mass is 10.1. The van der Waals surface area contributed by atoms with E-state index in [2.05, 4.69) is 10.3 Å². The molecule has 5 nitrogen and oxygen atoms in total. The predicted octanol–water partition coefficient (Wildman–Crippen LogP) is 4.31. The number of benzene rings is 2. The van der Waals surface area contributed by atoms with Gasteiger partial charge >= 0.3 is 5.63 Å². The molecule has 1 N–H and O–H groups in total. The maximum atomic E-state index is 13.7. The molecule has 0 unspecified atom stereocenters. The van der Waals surface area contributed by atoms with Crippen LogP contribution in [0.3, 0.4) is 0 Å². The van der Waals surface area contributed by atoms with Crippen LogP contribution in [0.15, 0.2) is 69.2 Å². The minimum absolute atomic E-state index is 0.0746. The van der Waals surface area contributed by atoms with Crippen LogP contribution in [0.2, 0.25) is 0 Å². The number of aromatic nitrogens is 1. The highest BCUT2D eigenvalue weighted by atomic mass is 32.1. The highest BCUT2D eigenvalue weighted by Gasteiger charge is 2.15. The SMILES string of the molecule is O=C(Nc1nc(-c2cc3ccccc3oc2=O)cs1)c1ccccc1F. The molecule has 7 heteroatoms. The largest absolute Gasteiger partial charge is 0.422 e. The second-order valence-electron chi connectivity index (χ2n) is 5.46. The van der Waals surface area contributed by atoms with E-state index in [4.69, 9.17) is 4.42 Å². The third kappa shape index (κ3) is 3.00. The summed E-state index contributed by atoms with van der Waals surface area (Å²) < 4.78 is 19.0. The molecule has 0 saturated heterocycles. The fraction of sp³-hybridized carbons (Fsp3) is 0. The average Bonchev–Trinajstić information content (AvgIpc) is 3.09. The number of hydrogen-bond donors (Lipinski definition) is 1. The van der Waals surface area contributed by atoms with Gasteiger partial charge in [-0.1, -0.05) is 30.3 Å². The van der Waals surface area contributed by atoms with Gasteiger partial charge in [0.05, 0.1) is 16.8 Å². The molecule has 0 aliphatic heterocycles. The lowest BCUT2D eigenvalue weighted by Crippen LogP contribution is -2.13. The molecular weight excluding hydrogens is 355 g/mol. The summed E-state index contributed by atoms with van der Waals surface area (Å²) in [6, 6.07) is 14.5. The first-order valence-electron chi connectivity index (χ1n) is 7.66. The van der Waals surface area contributed by atoms with E-state index in [0.29, 0.717) is 16.8 Å². The van der Waals surface area contributed by atoms with Gasteiger partial charge in [-0.2, -0.15) is 0 Å². The molecule has 1 amide bonds. The van der Waals surface area contributed by atoms with Gasteiger partial charge in [-0.15, -0.1) is 11.3 Å². The molecule has 0 saturated carbocycles. The van der Waals surface area contributed by atoms with Gasteiger partial charge in [-0.25, -0.2) is 14.2 Å². The summed E-state index contributed by atoms with van der Waals surface area (Å²) in [5.74, 6) is -1.22. The Bertz CT molecular complexity index is 1180. The summed E-state index contributed by atoms with van der Waals surface area (Å²) in [6.07, 6.45) is 0. The van der Waals surface area contributed by atoms with Crippen molar-refractivity contribution in [2.45, 2.75) is 0 Å². The summed E-state index contributed by atoms with van der Waals surface area (Å²) in [7, 11) is 0. The highest BCUT2D eigenvalue weighted by molar-refractivity contribution is 7.14. The maximum absolute atomic E-state index is 13.7. The lowest BCUT2D eigenvalue weighted by molar-refractivity contribution is 0.102. The standard InChI is InChI=1S/C19H11FN2O3S/c20-14-7-3-2-6-12(14)17(23)22-19-21-15(10-26-19)13-9-11-5-1-4-8-16(11)25-18(13)24/h1-10H,(H,21,22,23). The summed E-state index contributed by atoms with van der Waals surface area (Å²) in [6.45, 7) is 0. The van der Waals surface area contributed by atoms with Gasteiger partial charge in [-0.05, 0) is 24.3 Å². The van der Waals surface area contributed by atoms with E-state index in [1.165, 1.54) is 18.2 Å². The smallest absolute Gasteiger partial charge is 0.345 e. The first-order valence-corrected chi connectivity index (χ1v) is 8.54. The van der Waals surface area contributed by atoms with Gasteiger partial charge < -0.3 is 4.42 Å². The Morgan fingerprint density at radius 1 is 1.12 bits per heavy atom. The van der Waals surface area contributed by atoms with E-state index in [1.54, 1.807) is 29.6 Å². The number of fused-ring (bicyclic) bond motifs is 1. The van der Waals surface area contributed by atoms with Crippen LogP contribution in [-0.4, -0.2) is 10.9 Å². The summed E-state index contributed by atoms with van der Waals surface area (Å²) in [4.78, 5) is 28.6. The van der Waals surface area contributed by atoms with Gasteiger partial charge in [0.2, 0.25) is 0 Å². The van der Waals surface area contributed by atoms with Gasteiger partial charge in [-0.3, -0.25) is 10.1 Å². The van der Waals surface area contributed by atoms with Crippen LogP contribution < -0.4 is 10.9 Å². The van der Waals surface area contributed by atoms with E-state index in [1.807, 2.05) is 12.1 Å². The Hall–Kier alpha value is -3.32. The molecule has 26 heavy (non-hydrogen) atoms. The van der Waals surface area contributed by atoms with E-state index >= 15 is 0 Å². The average molecular weight is 366 g/mol. The Labute approximate surface area is 150 Å². The third-order valence-electron chi connectivity index (χ3n) is 3.76.